The number of nitrogens with one attached hydrogen (secondary N) is 1. The van der Waals surface area contributed by atoms with E-state index in [0.29, 0.717) is 16.2 Å². The van der Waals surface area contributed by atoms with Gasteiger partial charge in [0.05, 0.1) is 17.5 Å². The molecule has 2 aromatic rings. The van der Waals surface area contributed by atoms with E-state index >= 15 is 0 Å². The third-order valence-electron chi connectivity index (χ3n) is 2.06. The Morgan fingerprint density at radius 3 is 2.79 bits per heavy atom. The molecule has 0 aliphatic rings. The largest absolute Gasteiger partial charge is 0.495 e. The Kier molecular flexibility index (Phi) is 2.17. The van der Waals surface area contributed by atoms with Gasteiger partial charge in [-0.25, -0.2) is 0 Å². The lowest BCUT2D eigenvalue weighted by Gasteiger charge is -2.05. The molecular weight excluding hydrogens is 202 g/mol. The van der Waals surface area contributed by atoms with E-state index in [9.17, 15) is 4.79 Å². The minimum Gasteiger partial charge on any atom is -0.495 e. The summed E-state index contributed by atoms with van der Waals surface area (Å²) in [6.07, 6.45) is 1.57. The number of pyridine rings is 1. The molecule has 1 heterocycles. The maximum atomic E-state index is 11.4. The molecule has 0 saturated carbocycles. The second-order valence-electron chi connectivity index (χ2n) is 2.85. The van der Waals surface area contributed by atoms with E-state index in [4.69, 9.17) is 16.3 Å². The number of aromatic nitrogens is 1. The molecule has 0 aliphatic carbocycles. The summed E-state index contributed by atoms with van der Waals surface area (Å²) in [6.45, 7) is 0. The fourth-order valence-corrected chi connectivity index (χ4v) is 1.66. The first-order valence-electron chi connectivity index (χ1n) is 4.08. The van der Waals surface area contributed by atoms with E-state index in [2.05, 4.69) is 4.98 Å². The summed E-state index contributed by atoms with van der Waals surface area (Å²) >= 11 is 5.92. The summed E-state index contributed by atoms with van der Waals surface area (Å²) in [5.74, 6) is 0.537. The van der Waals surface area contributed by atoms with E-state index in [0.717, 1.165) is 5.39 Å². The van der Waals surface area contributed by atoms with E-state index in [1.807, 2.05) is 0 Å². The number of benzene rings is 1. The predicted molar refractivity (Wildman–Crippen MR) is 56.1 cm³/mol. The van der Waals surface area contributed by atoms with Crippen molar-refractivity contribution in [3.05, 3.63) is 39.8 Å². The van der Waals surface area contributed by atoms with E-state index in [-0.39, 0.29) is 5.56 Å². The normalized spacial score (nSPS) is 10.4. The number of rotatable bonds is 1. The molecule has 0 saturated heterocycles. The lowest BCUT2D eigenvalue weighted by molar-refractivity contribution is 0.420. The first kappa shape index (κ1) is 9.09. The highest BCUT2D eigenvalue weighted by Gasteiger charge is 2.07. The SMILES string of the molecule is COc1c(Cl)ccc2c(=O)[nH]ccc12. The molecule has 72 valence electrons. The number of ether oxygens (including phenoxy) is 1. The van der Waals surface area contributed by atoms with Crippen LogP contribution in [-0.2, 0) is 0 Å². The van der Waals surface area contributed by atoms with Gasteiger partial charge in [-0.15, -0.1) is 0 Å². The fourth-order valence-electron chi connectivity index (χ4n) is 1.42. The van der Waals surface area contributed by atoms with Crippen molar-refractivity contribution in [2.24, 2.45) is 0 Å². The number of fused-ring (bicyclic) bond motifs is 1. The van der Waals surface area contributed by atoms with Crippen molar-refractivity contribution >= 4 is 22.4 Å². The Labute approximate surface area is 85.3 Å². The van der Waals surface area contributed by atoms with Gasteiger partial charge in [0.25, 0.3) is 5.56 Å². The van der Waals surface area contributed by atoms with Crippen molar-refractivity contribution in [3.63, 3.8) is 0 Å². The number of hydrogen-bond donors (Lipinski definition) is 1. The van der Waals surface area contributed by atoms with Gasteiger partial charge in [0, 0.05) is 11.6 Å². The Bertz CT molecular complexity index is 533. The smallest absolute Gasteiger partial charge is 0.255 e. The van der Waals surface area contributed by atoms with Crippen LogP contribution in [0.25, 0.3) is 10.8 Å². The van der Waals surface area contributed by atoms with Gasteiger partial charge in [0.1, 0.15) is 5.75 Å². The van der Waals surface area contributed by atoms with Crippen LogP contribution < -0.4 is 10.3 Å². The molecule has 1 N–H and O–H groups in total. The van der Waals surface area contributed by atoms with Gasteiger partial charge in [-0.2, -0.15) is 0 Å². The Morgan fingerprint density at radius 1 is 1.29 bits per heavy atom. The van der Waals surface area contributed by atoms with Crippen LogP contribution >= 0.6 is 11.6 Å². The molecular formula is C10H8ClNO2. The summed E-state index contributed by atoms with van der Waals surface area (Å²) in [5.41, 5.74) is -0.141. The van der Waals surface area contributed by atoms with Crippen LogP contribution in [0.2, 0.25) is 5.02 Å². The first-order chi connectivity index (χ1) is 6.74. The van der Waals surface area contributed by atoms with Crippen LogP contribution in [0.4, 0.5) is 0 Å². The Balaban J connectivity index is 2.95. The highest BCUT2D eigenvalue weighted by molar-refractivity contribution is 6.33. The molecule has 2 rings (SSSR count). The summed E-state index contributed by atoms with van der Waals surface area (Å²) in [4.78, 5) is 14.0. The van der Waals surface area contributed by atoms with Crippen molar-refractivity contribution in [1.82, 2.24) is 4.98 Å². The molecule has 0 aliphatic heterocycles. The Morgan fingerprint density at radius 2 is 2.07 bits per heavy atom. The predicted octanol–water partition coefficient (Wildman–Crippen LogP) is 2.19. The molecule has 3 nitrogen and oxygen atoms in total. The third-order valence-corrected chi connectivity index (χ3v) is 2.36. The van der Waals surface area contributed by atoms with Crippen LogP contribution in [0.15, 0.2) is 29.2 Å². The maximum Gasteiger partial charge on any atom is 0.255 e. The van der Waals surface area contributed by atoms with E-state index < -0.39 is 0 Å². The number of hydrogen-bond acceptors (Lipinski definition) is 2. The van der Waals surface area contributed by atoms with Crippen molar-refractivity contribution < 1.29 is 4.74 Å². The number of aromatic amines is 1. The highest BCUT2D eigenvalue weighted by Crippen LogP contribution is 2.31. The van der Waals surface area contributed by atoms with Gasteiger partial charge >= 0.3 is 0 Å². The third kappa shape index (κ3) is 1.26. The van der Waals surface area contributed by atoms with Gasteiger partial charge in [0.15, 0.2) is 0 Å². The lowest BCUT2D eigenvalue weighted by Crippen LogP contribution is -2.04. The second-order valence-corrected chi connectivity index (χ2v) is 3.26. The topological polar surface area (TPSA) is 42.1 Å². The molecule has 0 atom stereocenters. The molecule has 1 aromatic heterocycles. The molecule has 0 bridgehead atoms. The first-order valence-corrected chi connectivity index (χ1v) is 4.45. The van der Waals surface area contributed by atoms with Crippen molar-refractivity contribution in [2.45, 2.75) is 0 Å². The van der Waals surface area contributed by atoms with Gasteiger partial charge < -0.3 is 9.72 Å². The number of H-pyrrole nitrogens is 1. The lowest BCUT2D eigenvalue weighted by atomic mass is 10.1. The van der Waals surface area contributed by atoms with Crippen LogP contribution in [0, 0.1) is 0 Å². The molecule has 0 unspecified atom stereocenters. The molecule has 0 radical (unpaired) electrons. The minimum atomic E-state index is -0.141. The molecule has 0 spiro atoms. The molecule has 0 amide bonds. The van der Waals surface area contributed by atoms with Crippen LogP contribution in [-0.4, -0.2) is 12.1 Å². The van der Waals surface area contributed by atoms with E-state index in [1.165, 1.54) is 7.11 Å². The van der Waals surface area contributed by atoms with Crippen LogP contribution in [0.5, 0.6) is 5.75 Å². The quantitative estimate of drug-likeness (QED) is 0.782. The highest BCUT2D eigenvalue weighted by atomic mass is 35.5. The van der Waals surface area contributed by atoms with E-state index in [1.54, 1.807) is 24.4 Å². The fraction of sp³-hybridized carbons (Fsp3) is 0.100. The monoisotopic (exact) mass is 209 g/mol. The second kappa shape index (κ2) is 3.35. The standard InChI is InChI=1S/C10H8ClNO2/c1-14-9-6-4-5-12-10(13)7(6)2-3-8(9)11/h2-5H,1H3,(H,12,13). The van der Waals surface area contributed by atoms with Gasteiger partial charge in [-0.05, 0) is 18.2 Å². The summed E-state index contributed by atoms with van der Waals surface area (Å²) in [5, 5.41) is 1.81. The summed E-state index contributed by atoms with van der Waals surface area (Å²) < 4.78 is 5.13. The number of halogens is 1. The molecule has 1 aromatic carbocycles. The number of methoxy groups -OCH3 is 1. The van der Waals surface area contributed by atoms with Crippen molar-refractivity contribution in [2.75, 3.05) is 7.11 Å². The zero-order valence-corrected chi connectivity index (χ0v) is 8.26. The Hall–Kier alpha value is -1.48. The van der Waals surface area contributed by atoms with Crippen LogP contribution in [0.1, 0.15) is 0 Å². The average molecular weight is 210 g/mol. The van der Waals surface area contributed by atoms with Gasteiger partial charge in [0.2, 0.25) is 0 Å². The van der Waals surface area contributed by atoms with Gasteiger partial charge in [-0.1, -0.05) is 11.6 Å². The molecule has 0 fully saturated rings. The molecule has 4 heteroatoms. The zero-order chi connectivity index (χ0) is 10.1. The average Bonchev–Trinajstić information content (AvgIpc) is 2.18. The van der Waals surface area contributed by atoms with Crippen molar-refractivity contribution in [1.29, 1.82) is 0 Å². The summed E-state index contributed by atoms with van der Waals surface area (Å²) in [6, 6.07) is 5.10. The maximum absolute atomic E-state index is 11.4. The minimum absolute atomic E-state index is 0.141. The molecule has 14 heavy (non-hydrogen) atoms. The zero-order valence-electron chi connectivity index (χ0n) is 7.50. The van der Waals surface area contributed by atoms with Gasteiger partial charge in [-0.3, -0.25) is 4.79 Å². The van der Waals surface area contributed by atoms with Crippen molar-refractivity contribution in [3.8, 4) is 5.75 Å². The summed E-state index contributed by atoms with van der Waals surface area (Å²) in [7, 11) is 1.53. The van der Waals surface area contributed by atoms with Crippen LogP contribution in [0.3, 0.4) is 0 Å².